The van der Waals surface area contributed by atoms with Crippen LogP contribution in [0.2, 0.25) is 5.02 Å². The van der Waals surface area contributed by atoms with Crippen LogP contribution in [0.5, 0.6) is 0 Å². The summed E-state index contributed by atoms with van der Waals surface area (Å²) in [7, 11) is 0. The van der Waals surface area contributed by atoms with E-state index in [4.69, 9.17) is 11.6 Å². The van der Waals surface area contributed by atoms with Crippen LogP contribution in [-0.2, 0) is 0 Å². The lowest BCUT2D eigenvalue weighted by atomic mass is 10.1. The predicted molar refractivity (Wildman–Crippen MR) is 99.3 cm³/mol. The van der Waals surface area contributed by atoms with Gasteiger partial charge in [-0.15, -0.1) is 5.10 Å². The van der Waals surface area contributed by atoms with Gasteiger partial charge < -0.3 is 5.32 Å². The molecular formula is C19H18ClN5O. The van der Waals surface area contributed by atoms with Crippen molar-refractivity contribution in [1.29, 1.82) is 0 Å². The molecule has 2 aromatic heterocycles. The van der Waals surface area contributed by atoms with Gasteiger partial charge in [0, 0.05) is 24.0 Å². The third-order valence-electron chi connectivity index (χ3n) is 4.59. The highest BCUT2D eigenvalue weighted by atomic mass is 35.5. The van der Waals surface area contributed by atoms with Crippen molar-refractivity contribution >= 4 is 17.5 Å². The summed E-state index contributed by atoms with van der Waals surface area (Å²) < 4.78 is 1.60. The summed E-state index contributed by atoms with van der Waals surface area (Å²) in [6, 6.07) is 11.2. The van der Waals surface area contributed by atoms with Crippen molar-refractivity contribution in [2.45, 2.75) is 31.7 Å². The monoisotopic (exact) mass is 367 g/mol. The number of para-hydroxylation sites is 1. The molecule has 26 heavy (non-hydrogen) atoms. The fourth-order valence-electron chi connectivity index (χ4n) is 3.31. The Balaban J connectivity index is 1.80. The second-order valence-electron chi connectivity index (χ2n) is 6.35. The first-order chi connectivity index (χ1) is 12.7. The molecule has 1 aromatic carbocycles. The second-order valence-corrected chi connectivity index (χ2v) is 6.75. The van der Waals surface area contributed by atoms with Gasteiger partial charge in [0.1, 0.15) is 5.69 Å². The maximum atomic E-state index is 12.8. The number of benzene rings is 1. The van der Waals surface area contributed by atoms with Crippen LogP contribution in [0.4, 0.5) is 0 Å². The first-order valence-electron chi connectivity index (χ1n) is 8.66. The quantitative estimate of drug-likeness (QED) is 0.763. The number of rotatable bonds is 4. The average molecular weight is 368 g/mol. The molecule has 0 atom stereocenters. The van der Waals surface area contributed by atoms with Crippen molar-refractivity contribution in [3.05, 3.63) is 59.5 Å². The molecule has 0 saturated heterocycles. The highest BCUT2D eigenvalue weighted by Gasteiger charge is 2.26. The van der Waals surface area contributed by atoms with Gasteiger partial charge in [-0.3, -0.25) is 9.78 Å². The molecular weight excluding hydrogens is 350 g/mol. The Bertz CT molecular complexity index is 919. The molecule has 7 heteroatoms. The summed E-state index contributed by atoms with van der Waals surface area (Å²) in [5, 5.41) is 12.0. The minimum atomic E-state index is -0.214. The van der Waals surface area contributed by atoms with E-state index >= 15 is 0 Å². The molecule has 1 amide bonds. The highest BCUT2D eigenvalue weighted by molar-refractivity contribution is 6.32. The fraction of sp³-hybridized carbons (Fsp3) is 0.263. The zero-order valence-corrected chi connectivity index (χ0v) is 14.9. The van der Waals surface area contributed by atoms with Gasteiger partial charge in [-0.2, -0.15) is 0 Å². The van der Waals surface area contributed by atoms with E-state index in [0.29, 0.717) is 16.4 Å². The standard InChI is InChI=1S/C19H18ClN5O/c20-15-9-3-4-10-16(15)25-18(13-6-5-11-21-12-13)17(23-24-25)19(26)22-14-7-1-2-8-14/h3-6,9-12,14H,1-2,7-8H2,(H,22,26). The van der Waals surface area contributed by atoms with Crippen molar-refractivity contribution in [3.63, 3.8) is 0 Å². The molecule has 0 unspecified atom stereocenters. The molecule has 1 fully saturated rings. The lowest BCUT2D eigenvalue weighted by Crippen LogP contribution is -2.33. The van der Waals surface area contributed by atoms with Crippen LogP contribution in [0.15, 0.2) is 48.8 Å². The minimum Gasteiger partial charge on any atom is -0.348 e. The first-order valence-corrected chi connectivity index (χ1v) is 9.03. The number of carbonyl (C=O) groups excluding carboxylic acids is 1. The Hall–Kier alpha value is -2.73. The van der Waals surface area contributed by atoms with Gasteiger partial charge in [0.25, 0.3) is 5.91 Å². The van der Waals surface area contributed by atoms with Crippen LogP contribution in [0, 0.1) is 0 Å². The Morgan fingerprint density at radius 1 is 1.15 bits per heavy atom. The van der Waals surface area contributed by atoms with E-state index in [2.05, 4.69) is 20.6 Å². The molecule has 3 aromatic rings. The van der Waals surface area contributed by atoms with Crippen LogP contribution in [0.3, 0.4) is 0 Å². The van der Waals surface area contributed by atoms with E-state index in [1.54, 1.807) is 23.1 Å². The number of amides is 1. The smallest absolute Gasteiger partial charge is 0.274 e. The summed E-state index contributed by atoms with van der Waals surface area (Å²) in [5.74, 6) is -0.214. The Morgan fingerprint density at radius 3 is 2.69 bits per heavy atom. The molecule has 0 spiro atoms. The van der Waals surface area contributed by atoms with Gasteiger partial charge in [-0.1, -0.05) is 41.8 Å². The van der Waals surface area contributed by atoms with Gasteiger partial charge in [0.15, 0.2) is 5.69 Å². The molecule has 0 bridgehead atoms. The van der Waals surface area contributed by atoms with E-state index < -0.39 is 0 Å². The highest BCUT2D eigenvalue weighted by Crippen LogP contribution is 2.28. The van der Waals surface area contributed by atoms with Gasteiger partial charge in [-0.05, 0) is 37.1 Å². The normalized spacial score (nSPS) is 14.5. The van der Waals surface area contributed by atoms with E-state index in [-0.39, 0.29) is 17.6 Å². The maximum absolute atomic E-state index is 12.8. The largest absolute Gasteiger partial charge is 0.348 e. The Morgan fingerprint density at radius 2 is 1.96 bits per heavy atom. The number of halogens is 1. The number of nitrogens with one attached hydrogen (secondary N) is 1. The first kappa shape index (κ1) is 16.7. The topological polar surface area (TPSA) is 72.7 Å². The van der Waals surface area contributed by atoms with E-state index in [9.17, 15) is 4.79 Å². The molecule has 1 aliphatic rings. The van der Waals surface area contributed by atoms with Crippen LogP contribution in [0.1, 0.15) is 36.2 Å². The zero-order chi connectivity index (χ0) is 17.9. The average Bonchev–Trinajstić information content (AvgIpc) is 3.32. The summed E-state index contributed by atoms with van der Waals surface area (Å²) in [6.45, 7) is 0. The third-order valence-corrected chi connectivity index (χ3v) is 4.91. The number of hydrogen-bond acceptors (Lipinski definition) is 4. The predicted octanol–water partition coefficient (Wildman–Crippen LogP) is 3.66. The van der Waals surface area contributed by atoms with Gasteiger partial charge in [0.2, 0.25) is 0 Å². The molecule has 0 aliphatic heterocycles. The number of pyridine rings is 1. The summed E-state index contributed by atoms with van der Waals surface area (Å²) in [5.41, 5.74) is 2.29. The van der Waals surface area contributed by atoms with Crippen molar-refractivity contribution < 1.29 is 4.79 Å². The third kappa shape index (κ3) is 3.20. The van der Waals surface area contributed by atoms with Crippen LogP contribution in [-0.4, -0.2) is 31.9 Å². The number of carbonyl (C=O) groups is 1. The zero-order valence-electron chi connectivity index (χ0n) is 14.1. The van der Waals surface area contributed by atoms with E-state index in [1.165, 1.54) is 0 Å². The number of nitrogens with zero attached hydrogens (tertiary/aromatic N) is 4. The van der Waals surface area contributed by atoms with Gasteiger partial charge in [0.05, 0.1) is 10.7 Å². The molecule has 4 rings (SSSR count). The number of hydrogen-bond donors (Lipinski definition) is 1. The van der Waals surface area contributed by atoms with Crippen molar-refractivity contribution in [3.8, 4) is 16.9 Å². The number of aromatic nitrogens is 4. The molecule has 1 aliphatic carbocycles. The second kappa shape index (κ2) is 7.25. The molecule has 132 valence electrons. The Kier molecular flexibility index (Phi) is 4.67. The summed E-state index contributed by atoms with van der Waals surface area (Å²) in [6.07, 6.45) is 7.68. The summed E-state index contributed by atoms with van der Waals surface area (Å²) in [4.78, 5) is 17.0. The molecule has 1 saturated carbocycles. The molecule has 2 heterocycles. The lowest BCUT2D eigenvalue weighted by Gasteiger charge is -2.12. The van der Waals surface area contributed by atoms with Crippen LogP contribution in [0.25, 0.3) is 16.9 Å². The van der Waals surface area contributed by atoms with Crippen LogP contribution < -0.4 is 5.32 Å². The minimum absolute atomic E-state index is 0.203. The van der Waals surface area contributed by atoms with Gasteiger partial charge >= 0.3 is 0 Å². The van der Waals surface area contributed by atoms with Crippen molar-refractivity contribution in [1.82, 2.24) is 25.3 Å². The van der Waals surface area contributed by atoms with Crippen LogP contribution >= 0.6 is 11.6 Å². The SMILES string of the molecule is O=C(NC1CCCC1)c1nnn(-c2ccccc2Cl)c1-c1cccnc1. The maximum Gasteiger partial charge on any atom is 0.274 e. The Labute approximate surface area is 156 Å². The fourth-order valence-corrected chi connectivity index (χ4v) is 3.53. The van der Waals surface area contributed by atoms with E-state index in [0.717, 1.165) is 31.2 Å². The van der Waals surface area contributed by atoms with Crippen molar-refractivity contribution in [2.75, 3.05) is 0 Å². The van der Waals surface area contributed by atoms with Crippen molar-refractivity contribution in [2.24, 2.45) is 0 Å². The lowest BCUT2D eigenvalue weighted by molar-refractivity contribution is 0.0933. The molecule has 1 N–H and O–H groups in total. The molecule has 6 nitrogen and oxygen atoms in total. The van der Waals surface area contributed by atoms with E-state index in [1.807, 2.05) is 30.3 Å². The summed E-state index contributed by atoms with van der Waals surface area (Å²) >= 11 is 6.34. The molecule has 0 radical (unpaired) electrons. The van der Waals surface area contributed by atoms with Gasteiger partial charge in [-0.25, -0.2) is 4.68 Å².